The maximum absolute atomic E-state index is 12.8. The van der Waals surface area contributed by atoms with E-state index in [9.17, 15) is 4.79 Å². The average molecular weight is 366 g/mol. The number of amides is 1. The highest BCUT2D eigenvalue weighted by Crippen LogP contribution is 2.19. The van der Waals surface area contributed by atoms with Crippen LogP contribution in [0.2, 0.25) is 0 Å². The lowest BCUT2D eigenvalue weighted by Gasteiger charge is -2.21. The molecule has 27 heavy (non-hydrogen) atoms. The van der Waals surface area contributed by atoms with Crippen molar-refractivity contribution in [2.24, 2.45) is 0 Å². The van der Waals surface area contributed by atoms with Crippen molar-refractivity contribution in [1.29, 1.82) is 0 Å². The van der Waals surface area contributed by atoms with Gasteiger partial charge in [-0.2, -0.15) is 0 Å². The van der Waals surface area contributed by atoms with Gasteiger partial charge in [0, 0.05) is 31.7 Å². The first-order valence-corrected chi connectivity index (χ1v) is 9.13. The number of carbonyl (C=O) groups is 1. The predicted molar refractivity (Wildman–Crippen MR) is 99.0 cm³/mol. The minimum absolute atomic E-state index is 0.0958. The molecule has 4 rings (SSSR count). The molecule has 3 aromatic rings. The molecule has 0 unspecified atom stereocenters. The van der Waals surface area contributed by atoms with Crippen molar-refractivity contribution in [3.05, 3.63) is 59.7 Å². The fourth-order valence-electron chi connectivity index (χ4n) is 3.30. The van der Waals surface area contributed by atoms with E-state index >= 15 is 0 Å². The summed E-state index contributed by atoms with van der Waals surface area (Å²) in [7, 11) is 0. The molecule has 0 atom stereocenters. The first kappa shape index (κ1) is 17.5. The van der Waals surface area contributed by atoms with E-state index in [2.05, 4.69) is 15.1 Å². The molecule has 0 bridgehead atoms. The molecule has 1 aliphatic heterocycles. The summed E-state index contributed by atoms with van der Waals surface area (Å²) in [4.78, 5) is 16.9. The fourth-order valence-corrected chi connectivity index (χ4v) is 3.30. The monoisotopic (exact) mass is 366 g/mol. The van der Waals surface area contributed by atoms with Crippen LogP contribution in [-0.2, 0) is 6.54 Å². The standard InChI is InChI=1S/C20H22N4O3/c1-15-5-2-6-16(13-15)20(25)24-9-4-8-23(10-11-24)14-18-21-22-19(27-18)17-7-3-12-26-17/h2-3,5-7,12-13H,4,8-11,14H2,1H3. The zero-order valence-electron chi connectivity index (χ0n) is 15.3. The second kappa shape index (κ2) is 7.75. The number of nitrogens with zero attached hydrogens (tertiary/aromatic N) is 4. The molecule has 2 aromatic heterocycles. The number of hydrogen-bond donors (Lipinski definition) is 0. The summed E-state index contributed by atoms with van der Waals surface area (Å²) in [6.07, 6.45) is 2.49. The van der Waals surface area contributed by atoms with Gasteiger partial charge in [-0.1, -0.05) is 17.7 Å². The SMILES string of the molecule is Cc1cccc(C(=O)N2CCCN(Cc3nnc(-c4ccco4)o3)CC2)c1. The predicted octanol–water partition coefficient (Wildman–Crippen LogP) is 2.99. The molecule has 1 aliphatic rings. The third kappa shape index (κ3) is 4.09. The quantitative estimate of drug-likeness (QED) is 0.707. The summed E-state index contributed by atoms with van der Waals surface area (Å²) < 4.78 is 11.0. The summed E-state index contributed by atoms with van der Waals surface area (Å²) in [5, 5.41) is 8.15. The second-order valence-corrected chi connectivity index (χ2v) is 6.77. The summed E-state index contributed by atoms with van der Waals surface area (Å²) in [5.74, 6) is 1.61. The van der Waals surface area contributed by atoms with Crippen LogP contribution in [0.1, 0.15) is 28.2 Å². The Kier molecular flexibility index (Phi) is 5.02. The van der Waals surface area contributed by atoms with Gasteiger partial charge in [-0.05, 0) is 37.6 Å². The lowest BCUT2D eigenvalue weighted by Crippen LogP contribution is -2.35. The van der Waals surface area contributed by atoms with Crippen molar-refractivity contribution < 1.29 is 13.6 Å². The van der Waals surface area contributed by atoms with Gasteiger partial charge < -0.3 is 13.7 Å². The number of furan rings is 1. The number of hydrogen-bond acceptors (Lipinski definition) is 6. The molecule has 7 heteroatoms. The Labute approximate surface area is 157 Å². The Morgan fingerprint density at radius 1 is 1.11 bits per heavy atom. The zero-order valence-corrected chi connectivity index (χ0v) is 15.3. The number of aryl methyl sites for hydroxylation is 1. The van der Waals surface area contributed by atoms with Crippen molar-refractivity contribution in [1.82, 2.24) is 20.0 Å². The molecule has 3 heterocycles. The van der Waals surface area contributed by atoms with Crippen molar-refractivity contribution in [2.45, 2.75) is 19.9 Å². The molecule has 0 radical (unpaired) electrons. The van der Waals surface area contributed by atoms with Crippen LogP contribution in [0.25, 0.3) is 11.7 Å². The smallest absolute Gasteiger partial charge is 0.283 e. The molecule has 0 saturated carbocycles. The van der Waals surface area contributed by atoms with E-state index in [1.807, 2.05) is 36.1 Å². The fraction of sp³-hybridized carbons (Fsp3) is 0.350. The van der Waals surface area contributed by atoms with Crippen LogP contribution in [0.4, 0.5) is 0 Å². The van der Waals surface area contributed by atoms with Gasteiger partial charge in [0.05, 0.1) is 12.8 Å². The van der Waals surface area contributed by atoms with Gasteiger partial charge in [0.25, 0.3) is 11.8 Å². The van der Waals surface area contributed by atoms with Crippen LogP contribution >= 0.6 is 0 Å². The number of rotatable bonds is 4. The number of carbonyl (C=O) groups excluding carboxylic acids is 1. The van der Waals surface area contributed by atoms with E-state index in [-0.39, 0.29) is 5.91 Å². The number of aromatic nitrogens is 2. The van der Waals surface area contributed by atoms with Crippen molar-refractivity contribution >= 4 is 5.91 Å². The molecule has 0 aliphatic carbocycles. The van der Waals surface area contributed by atoms with Crippen LogP contribution < -0.4 is 0 Å². The zero-order chi connectivity index (χ0) is 18.6. The maximum atomic E-state index is 12.8. The normalized spacial score (nSPS) is 15.7. The third-order valence-corrected chi connectivity index (χ3v) is 4.70. The summed E-state index contributed by atoms with van der Waals surface area (Å²) in [6.45, 7) is 5.67. The molecular weight excluding hydrogens is 344 g/mol. The van der Waals surface area contributed by atoms with E-state index in [1.54, 1.807) is 18.4 Å². The molecule has 140 valence electrons. The van der Waals surface area contributed by atoms with E-state index < -0.39 is 0 Å². The molecule has 7 nitrogen and oxygen atoms in total. The molecule has 1 aromatic carbocycles. The molecule has 0 spiro atoms. The summed E-state index contributed by atoms with van der Waals surface area (Å²) >= 11 is 0. The summed E-state index contributed by atoms with van der Waals surface area (Å²) in [5.41, 5.74) is 1.85. The highest BCUT2D eigenvalue weighted by Gasteiger charge is 2.22. The van der Waals surface area contributed by atoms with Gasteiger partial charge in [-0.25, -0.2) is 0 Å². The minimum atomic E-state index is 0.0958. The first-order chi connectivity index (χ1) is 13.2. The minimum Gasteiger partial charge on any atom is -0.459 e. The van der Waals surface area contributed by atoms with Crippen LogP contribution in [-0.4, -0.2) is 52.1 Å². The number of benzene rings is 1. The van der Waals surface area contributed by atoms with Gasteiger partial charge in [0.2, 0.25) is 5.89 Å². The summed E-state index contributed by atoms with van der Waals surface area (Å²) in [6, 6.07) is 11.3. The largest absolute Gasteiger partial charge is 0.459 e. The molecular formula is C20H22N4O3. The van der Waals surface area contributed by atoms with Gasteiger partial charge in [0.15, 0.2) is 5.76 Å². The van der Waals surface area contributed by atoms with Crippen LogP contribution in [0.5, 0.6) is 0 Å². The highest BCUT2D eigenvalue weighted by molar-refractivity contribution is 5.94. The van der Waals surface area contributed by atoms with Crippen LogP contribution in [0.15, 0.2) is 51.5 Å². The van der Waals surface area contributed by atoms with Gasteiger partial charge in [-0.15, -0.1) is 10.2 Å². The maximum Gasteiger partial charge on any atom is 0.283 e. The topological polar surface area (TPSA) is 75.6 Å². The molecule has 1 amide bonds. The molecule has 0 N–H and O–H groups in total. The van der Waals surface area contributed by atoms with Crippen LogP contribution in [0, 0.1) is 6.92 Å². The average Bonchev–Trinajstić information content (AvgIpc) is 3.30. The Morgan fingerprint density at radius 3 is 2.85 bits per heavy atom. The van der Waals surface area contributed by atoms with E-state index in [0.717, 1.165) is 37.2 Å². The lowest BCUT2D eigenvalue weighted by atomic mass is 10.1. The molecule has 1 fully saturated rings. The van der Waals surface area contributed by atoms with Gasteiger partial charge in [0.1, 0.15) is 0 Å². The third-order valence-electron chi connectivity index (χ3n) is 4.70. The highest BCUT2D eigenvalue weighted by atomic mass is 16.4. The van der Waals surface area contributed by atoms with E-state index in [4.69, 9.17) is 8.83 Å². The van der Waals surface area contributed by atoms with Gasteiger partial charge in [-0.3, -0.25) is 9.69 Å². The lowest BCUT2D eigenvalue weighted by molar-refractivity contribution is 0.0760. The van der Waals surface area contributed by atoms with E-state index in [0.29, 0.717) is 30.6 Å². The Hall–Kier alpha value is -2.93. The Balaban J connectivity index is 1.37. The van der Waals surface area contributed by atoms with Crippen molar-refractivity contribution in [2.75, 3.05) is 26.2 Å². The van der Waals surface area contributed by atoms with Crippen molar-refractivity contribution in [3.63, 3.8) is 0 Å². The van der Waals surface area contributed by atoms with Crippen molar-refractivity contribution in [3.8, 4) is 11.7 Å². The Morgan fingerprint density at radius 2 is 2.04 bits per heavy atom. The Bertz CT molecular complexity index is 904. The van der Waals surface area contributed by atoms with E-state index in [1.165, 1.54) is 0 Å². The second-order valence-electron chi connectivity index (χ2n) is 6.77. The first-order valence-electron chi connectivity index (χ1n) is 9.13. The molecule has 1 saturated heterocycles. The van der Waals surface area contributed by atoms with Crippen LogP contribution in [0.3, 0.4) is 0 Å². The van der Waals surface area contributed by atoms with Gasteiger partial charge >= 0.3 is 0 Å².